The summed E-state index contributed by atoms with van der Waals surface area (Å²) in [6.45, 7) is 3.71. The molecule has 0 heterocycles. The van der Waals surface area contributed by atoms with Gasteiger partial charge >= 0.3 is 0 Å². The molecule has 1 aromatic rings. The molecule has 0 saturated heterocycles. The molecule has 1 rings (SSSR count). The standard InChI is InChI=1S/C11H15NO2/c1-8(2)12-11(14)10(13)9-6-4-3-5-7-9/h3-8,10,13H,1-2H3,(H,12,14)/t10-/m1/s1. The molecule has 0 radical (unpaired) electrons. The molecule has 3 heteroatoms. The van der Waals surface area contributed by atoms with Crippen LogP contribution in [0.15, 0.2) is 30.3 Å². The van der Waals surface area contributed by atoms with Crippen molar-refractivity contribution in [3.63, 3.8) is 0 Å². The van der Waals surface area contributed by atoms with Crippen molar-refractivity contribution in [2.24, 2.45) is 0 Å². The second kappa shape index (κ2) is 4.77. The van der Waals surface area contributed by atoms with Crippen molar-refractivity contribution in [1.82, 2.24) is 5.32 Å². The Hall–Kier alpha value is -1.35. The third kappa shape index (κ3) is 2.85. The van der Waals surface area contributed by atoms with Crippen molar-refractivity contribution in [1.29, 1.82) is 0 Å². The number of carbonyl (C=O) groups excluding carboxylic acids is 1. The van der Waals surface area contributed by atoms with E-state index in [0.717, 1.165) is 0 Å². The van der Waals surface area contributed by atoms with Gasteiger partial charge in [0.2, 0.25) is 0 Å². The first-order chi connectivity index (χ1) is 6.61. The topological polar surface area (TPSA) is 49.3 Å². The summed E-state index contributed by atoms with van der Waals surface area (Å²) in [6.07, 6.45) is -1.07. The van der Waals surface area contributed by atoms with Gasteiger partial charge in [0.1, 0.15) is 0 Å². The van der Waals surface area contributed by atoms with Gasteiger partial charge in [0.05, 0.1) is 0 Å². The minimum Gasteiger partial charge on any atom is -0.378 e. The van der Waals surface area contributed by atoms with Gasteiger partial charge in [-0.05, 0) is 19.4 Å². The van der Waals surface area contributed by atoms with Crippen molar-refractivity contribution in [3.8, 4) is 0 Å². The van der Waals surface area contributed by atoms with E-state index in [1.54, 1.807) is 24.3 Å². The second-order valence-corrected chi connectivity index (χ2v) is 3.48. The number of nitrogens with one attached hydrogen (secondary N) is 1. The first-order valence-corrected chi connectivity index (χ1v) is 4.64. The minimum absolute atomic E-state index is 0.0425. The fourth-order valence-electron chi connectivity index (χ4n) is 1.15. The lowest BCUT2D eigenvalue weighted by Crippen LogP contribution is -2.34. The second-order valence-electron chi connectivity index (χ2n) is 3.48. The van der Waals surface area contributed by atoms with E-state index in [1.807, 2.05) is 19.9 Å². The van der Waals surface area contributed by atoms with Crippen LogP contribution in [0.2, 0.25) is 0 Å². The molecular weight excluding hydrogens is 178 g/mol. The molecule has 0 saturated carbocycles. The zero-order chi connectivity index (χ0) is 10.6. The summed E-state index contributed by atoms with van der Waals surface area (Å²) in [5, 5.41) is 12.3. The van der Waals surface area contributed by atoms with Crippen LogP contribution in [-0.4, -0.2) is 17.1 Å². The highest BCUT2D eigenvalue weighted by molar-refractivity contribution is 5.82. The summed E-state index contributed by atoms with van der Waals surface area (Å²) in [4.78, 5) is 11.4. The summed E-state index contributed by atoms with van der Waals surface area (Å²) in [7, 11) is 0. The molecule has 14 heavy (non-hydrogen) atoms. The number of benzene rings is 1. The van der Waals surface area contributed by atoms with Gasteiger partial charge < -0.3 is 10.4 Å². The monoisotopic (exact) mass is 193 g/mol. The Morgan fingerprint density at radius 3 is 2.36 bits per heavy atom. The number of carbonyl (C=O) groups is 1. The van der Waals surface area contributed by atoms with Crippen molar-refractivity contribution in [2.75, 3.05) is 0 Å². The smallest absolute Gasteiger partial charge is 0.253 e. The average Bonchev–Trinajstić information content (AvgIpc) is 2.17. The third-order valence-electron chi connectivity index (χ3n) is 1.79. The van der Waals surface area contributed by atoms with Crippen molar-refractivity contribution < 1.29 is 9.90 Å². The van der Waals surface area contributed by atoms with E-state index in [-0.39, 0.29) is 11.9 Å². The number of aliphatic hydroxyl groups is 1. The number of rotatable bonds is 3. The number of hydrogen-bond acceptors (Lipinski definition) is 2. The van der Waals surface area contributed by atoms with Crippen LogP contribution in [0.4, 0.5) is 0 Å². The Labute approximate surface area is 83.8 Å². The largest absolute Gasteiger partial charge is 0.378 e. The van der Waals surface area contributed by atoms with Crippen LogP contribution in [-0.2, 0) is 4.79 Å². The Bertz CT molecular complexity index is 295. The maximum Gasteiger partial charge on any atom is 0.253 e. The van der Waals surface area contributed by atoms with Gasteiger partial charge in [-0.3, -0.25) is 4.79 Å². The molecule has 1 atom stereocenters. The molecule has 0 aromatic heterocycles. The van der Waals surface area contributed by atoms with Crippen LogP contribution in [0.25, 0.3) is 0 Å². The molecule has 3 nitrogen and oxygen atoms in total. The van der Waals surface area contributed by atoms with Gasteiger partial charge in [0, 0.05) is 6.04 Å². The SMILES string of the molecule is CC(C)NC(=O)[C@H](O)c1ccccc1. The van der Waals surface area contributed by atoms with Crippen LogP contribution < -0.4 is 5.32 Å². The van der Waals surface area contributed by atoms with Gasteiger partial charge in [-0.25, -0.2) is 0 Å². The molecule has 2 N–H and O–H groups in total. The zero-order valence-electron chi connectivity index (χ0n) is 8.40. The van der Waals surface area contributed by atoms with Crippen LogP contribution in [0.3, 0.4) is 0 Å². The fraction of sp³-hybridized carbons (Fsp3) is 0.364. The van der Waals surface area contributed by atoms with E-state index in [1.165, 1.54) is 0 Å². The van der Waals surface area contributed by atoms with Gasteiger partial charge in [-0.1, -0.05) is 30.3 Å². The first-order valence-electron chi connectivity index (χ1n) is 4.64. The summed E-state index contributed by atoms with van der Waals surface area (Å²) >= 11 is 0. The van der Waals surface area contributed by atoms with Crippen molar-refractivity contribution in [2.45, 2.75) is 26.0 Å². The number of aliphatic hydroxyl groups excluding tert-OH is 1. The number of hydrogen-bond donors (Lipinski definition) is 2. The van der Waals surface area contributed by atoms with E-state index < -0.39 is 6.10 Å². The lowest BCUT2D eigenvalue weighted by Gasteiger charge is -2.13. The van der Waals surface area contributed by atoms with Crippen LogP contribution in [0, 0.1) is 0 Å². The summed E-state index contributed by atoms with van der Waals surface area (Å²) in [5.74, 6) is -0.355. The van der Waals surface area contributed by atoms with Crippen LogP contribution in [0.5, 0.6) is 0 Å². The van der Waals surface area contributed by atoms with E-state index >= 15 is 0 Å². The normalized spacial score (nSPS) is 12.6. The van der Waals surface area contributed by atoms with Crippen LogP contribution >= 0.6 is 0 Å². The summed E-state index contributed by atoms with van der Waals surface area (Å²) < 4.78 is 0. The quantitative estimate of drug-likeness (QED) is 0.759. The van der Waals surface area contributed by atoms with E-state index in [9.17, 15) is 9.90 Å². The van der Waals surface area contributed by atoms with Gasteiger partial charge in [0.15, 0.2) is 6.10 Å². The van der Waals surface area contributed by atoms with Gasteiger partial charge in [-0.2, -0.15) is 0 Å². The first kappa shape index (κ1) is 10.7. The molecule has 0 bridgehead atoms. The molecule has 0 spiro atoms. The molecular formula is C11H15NO2. The van der Waals surface area contributed by atoms with E-state index in [0.29, 0.717) is 5.56 Å². The molecule has 0 aliphatic carbocycles. The molecule has 1 amide bonds. The lowest BCUT2D eigenvalue weighted by atomic mass is 10.1. The molecule has 0 aliphatic rings. The van der Waals surface area contributed by atoms with Crippen molar-refractivity contribution in [3.05, 3.63) is 35.9 Å². The molecule has 0 aliphatic heterocycles. The minimum atomic E-state index is -1.07. The summed E-state index contributed by atoms with van der Waals surface area (Å²) in [6, 6.07) is 8.93. The zero-order valence-corrected chi connectivity index (χ0v) is 8.40. The van der Waals surface area contributed by atoms with Crippen molar-refractivity contribution >= 4 is 5.91 Å². The van der Waals surface area contributed by atoms with E-state index in [4.69, 9.17) is 0 Å². The molecule has 1 aromatic carbocycles. The van der Waals surface area contributed by atoms with E-state index in [2.05, 4.69) is 5.32 Å². The molecule has 0 unspecified atom stereocenters. The fourth-order valence-corrected chi connectivity index (χ4v) is 1.15. The summed E-state index contributed by atoms with van der Waals surface area (Å²) in [5.41, 5.74) is 0.616. The Morgan fingerprint density at radius 1 is 1.29 bits per heavy atom. The molecule has 76 valence electrons. The Balaban J connectivity index is 2.66. The predicted molar refractivity (Wildman–Crippen MR) is 54.7 cm³/mol. The average molecular weight is 193 g/mol. The maximum absolute atomic E-state index is 11.4. The van der Waals surface area contributed by atoms with Gasteiger partial charge in [-0.15, -0.1) is 0 Å². The predicted octanol–water partition coefficient (Wildman–Crippen LogP) is 1.24. The maximum atomic E-state index is 11.4. The lowest BCUT2D eigenvalue weighted by molar-refractivity contribution is -0.130. The highest BCUT2D eigenvalue weighted by Crippen LogP contribution is 2.11. The third-order valence-corrected chi connectivity index (χ3v) is 1.79. The highest BCUT2D eigenvalue weighted by Gasteiger charge is 2.16. The highest BCUT2D eigenvalue weighted by atomic mass is 16.3. The number of amides is 1. The Morgan fingerprint density at radius 2 is 1.86 bits per heavy atom. The van der Waals surface area contributed by atoms with Crippen LogP contribution in [0.1, 0.15) is 25.5 Å². The molecule has 0 fully saturated rings. The Kier molecular flexibility index (Phi) is 3.65. The van der Waals surface area contributed by atoms with Gasteiger partial charge in [0.25, 0.3) is 5.91 Å².